The van der Waals surface area contributed by atoms with E-state index >= 15 is 0 Å². The summed E-state index contributed by atoms with van der Waals surface area (Å²) in [7, 11) is 0. The molecular formula is C19H24N4O4. The molecule has 2 bridgehead atoms. The highest BCUT2D eigenvalue weighted by Crippen LogP contribution is 2.32. The zero-order valence-corrected chi connectivity index (χ0v) is 15.9. The summed E-state index contributed by atoms with van der Waals surface area (Å²) in [6, 6.07) is -0.00845. The van der Waals surface area contributed by atoms with Crippen LogP contribution in [0.1, 0.15) is 53.0 Å². The summed E-state index contributed by atoms with van der Waals surface area (Å²) in [5.74, 6) is 1.12. The Bertz CT molecular complexity index is 851. The normalized spacial score (nSPS) is 22.4. The molecule has 0 spiro atoms. The molecule has 8 heteroatoms. The highest BCUT2D eigenvalue weighted by molar-refractivity contribution is 5.94. The Balaban J connectivity index is 1.58. The molecule has 144 valence electrons. The molecule has 5 heterocycles. The van der Waals surface area contributed by atoms with Crippen LogP contribution in [0.2, 0.25) is 0 Å². The molecule has 2 aromatic rings. The number of rotatable bonds is 4. The topological polar surface area (TPSA) is 92.7 Å². The number of hydrogen-bond acceptors (Lipinski definition) is 6. The predicted molar refractivity (Wildman–Crippen MR) is 94.8 cm³/mol. The van der Waals surface area contributed by atoms with E-state index in [1.54, 1.807) is 4.90 Å². The van der Waals surface area contributed by atoms with Crippen molar-refractivity contribution in [3.05, 3.63) is 34.9 Å². The fourth-order valence-corrected chi connectivity index (χ4v) is 4.16. The molecule has 3 aliphatic rings. The molecule has 2 amide bonds. The van der Waals surface area contributed by atoms with Crippen molar-refractivity contribution in [2.24, 2.45) is 5.92 Å². The van der Waals surface area contributed by atoms with Gasteiger partial charge in [-0.3, -0.25) is 9.59 Å². The van der Waals surface area contributed by atoms with Gasteiger partial charge in [0.05, 0.1) is 18.2 Å². The summed E-state index contributed by atoms with van der Waals surface area (Å²) in [6.07, 6.45) is 3.63. The number of fused-ring (bicyclic) bond motifs is 4. The average molecular weight is 372 g/mol. The number of piperidine rings is 1. The fourth-order valence-electron chi connectivity index (χ4n) is 4.16. The van der Waals surface area contributed by atoms with Crippen LogP contribution in [0.4, 0.5) is 0 Å². The van der Waals surface area contributed by atoms with Gasteiger partial charge < -0.3 is 18.7 Å². The Labute approximate surface area is 157 Å². The Kier molecular flexibility index (Phi) is 4.49. The minimum atomic E-state index is -0.176. The van der Waals surface area contributed by atoms with Crippen LogP contribution in [-0.4, -0.2) is 50.9 Å². The summed E-state index contributed by atoms with van der Waals surface area (Å²) in [5, 5.41) is 3.99. The molecule has 8 nitrogen and oxygen atoms in total. The van der Waals surface area contributed by atoms with Gasteiger partial charge in [0.25, 0.3) is 5.91 Å². The zero-order valence-electron chi connectivity index (χ0n) is 15.9. The predicted octanol–water partition coefficient (Wildman–Crippen LogP) is 2.11. The minimum Gasteiger partial charge on any atom is -0.448 e. The van der Waals surface area contributed by atoms with Gasteiger partial charge in [0.1, 0.15) is 11.5 Å². The van der Waals surface area contributed by atoms with Gasteiger partial charge in [0.15, 0.2) is 12.1 Å². The number of carbonyl (C=O) groups excluding carboxylic acids is 2. The average Bonchev–Trinajstić information content (AvgIpc) is 3.15. The third kappa shape index (κ3) is 3.02. The smallest absolute Gasteiger partial charge is 0.276 e. The quantitative estimate of drug-likeness (QED) is 0.816. The van der Waals surface area contributed by atoms with Gasteiger partial charge in [-0.2, -0.15) is 0 Å². The molecule has 5 rings (SSSR count). The second-order valence-corrected chi connectivity index (χ2v) is 7.38. The van der Waals surface area contributed by atoms with Gasteiger partial charge in [0.2, 0.25) is 5.91 Å². The maximum Gasteiger partial charge on any atom is 0.276 e. The summed E-state index contributed by atoms with van der Waals surface area (Å²) in [4.78, 5) is 33.8. The Morgan fingerprint density at radius 1 is 1.30 bits per heavy atom. The molecule has 27 heavy (non-hydrogen) atoms. The standard InChI is InChI=1S/C19H24N4O4/c1-4-16-17(20-10-26-16)19(25)22-7-13-5-6-14(8-22)23(18(13)24)9-15-11(2)21-27-12(15)3/h10,13-14H,4-9H2,1-3H3/t13-,14+/m0/s1. The Morgan fingerprint density at radius 3 is 2.81 bits per heavy atom. The van der Waals surface area contributed by atoms with E-state index in [1.165, 1.54) is 6.39 Å². The lowest BCUT2D eigenvalue weighted by molar-refractivity contribution is -0.140. The van der Waals surface area contributed by atoms with Crippen molar-refractivity contribution >= 4 is 11.8 Å². The van der Waals surface area contributed by atoms with Crippen molar-refractivity contribution in [2.75, 3.05) is 13.1 Å². The third-order valence-electron chi connectivity index (χ3n) is 5.75. The van der Waals surface area contributed by atoms with Crippen molar-refractivity contribution < 1.29 is 18.5 Å². The maximum absolute atomic E-state index is 13.0. The molecule has 0 saturated carbocycles. The van der Waals surface area contributed by atoms with E-state index in [1.807, 2.05) is 25.7 Å². The lowest BCUT2D eigenvalue weighted by Crippen LogP contribution is -2.47. The Hall–Kier alpha value is -2.64. The molecular weight excluding hydrogens is 348 g/mol. The molecule has 0 N–H and O–H groups in total. The summed E-state index contributed by atoms with van der Waals surface area (Å²) < 4.78 is 10.6. The minimum absolute atomic E-state index is 0.00845. The number of nitrogens with zero attached hydrogens (tertiary/aromatic N) is 4. The second-order valence-electron chi connectivity index (χ2n) is 7.38. The van der Waals surface area contributed by atoms with Gasteiger partial charge in [0, 0.05) is 31.1 Å². The number of oxazole rings is 1. The summed E-state index contributed by atoms with van der Waals surface area (Å²) in [6.45, 7) is 7.11. The highest BCUT2D eigenvalue weighted by atomic mass is 16.5. The van der Waals surface area contributed by atoms with E-state index < -0.39 is 0 Å². The monoisotopic (exact) mass is 372 g/mol. The van der Waals surface area contributed by atoms with E-state index in [4.69, 9.17) is 8.94 Å². The lowest BCUT2D eigenvalue weighted by Gasteiger charge is -2.35. The lowest BCUT2D eigenvalue weighted by atomic mass is 9.93. The molecule has 0 radical (unpaired) electrons. The van der Waals surface area contributed by atoms with Crippen LogP contribution in [-0.2, 0) is 17.8 Å². The highest BCUT2D eigenvalue weighted by Gasteiger charge is 2.43. The summed E-state index contributed by atoms with van der Waals surface area (Å²) >= 11 is 0. The van der Waals surface area contributed by atoms with Crippen LogP contribution in [0.5, 0.6) is 0 Å². The largest absolute Gasteiger partial charge is 0.448 e. The van der Waals surface area contributed by atoms with Gasteiger partial charge in [-0.15, -0.1) is 0 Å². The van der Waals surface area contributed by atoms with Crippen molar-refractivity contribution in [1.29, 1.82) is 0 Å². The van der Waals surface area contributed by atoms with E-state index in [-0.39, 0.29) is 23.8 Å². The number of amides is 2. The maximum atomic E-state index is 13.0. The van der Waals surface area contributed by atoms with Crippen molar-refractivity contribution in [2.45, 2.75) is 52.6 Å². The molecule has 0 unspecified atom stereocenters. The van der Waals surface area contributed by atoms with Crippen LogP contribution in [0.3, 0.4) is 0 Å². The first-order chi connectivity index (χ1) is 13.0. The van der Waals surface area contributed by atoms with Crippen LogP contribution >= 0.6 is 0 Å². The van der Waals surface area contributed by atoms with E-state index in [0.717, 1.165) is 29.9 Å². The SMILES string of the molecule is CCc1ocnc1C(=O)N1C[C@@H]2CC[C@H](C1)N(Cc1c(C)noc1C)C2=O. The molecule has 0 aromatic carbocycles. The van der Waals surface area contributed by atoms with E-state index in [0.29, 0.717) is 37.5 Å². The van der Waals surface area contributed by atoms with Crippen LogP contribution in [0, 0.1) is 19.8 Å². The Morgan fingerprint density at radius 2 is 2.11 bits per heavy atom. The van der Waals surface area contributed by atoms with Crippen LogP contribution in [0.25, 0.3) is 0 Å². The molecule has 3 aliphatic heterocycles. The molecule has 3 saturated heterocycles. The van der Waals surface area contributed by atoms with Crippen molar-refractivity contribution in [3.63, 3.8) is 0 Å². The summed E-state index contributed by atoms with van der Waals surface area (Å²) in [5.41, 5.74) is 2.13. The molecule has 2 atom stereocenters. The van der Waals surface area contributed by atoms with Gasteiger partial charge in [-0.25, -0.2) is 4.98 Å². The molecule has 3 fully saturated rings. The first kappa shape index (κ1) is 17.8. The van der Waals surface area contributed by atoms with Gasteiger partial charge in [-0.1, -0.05) is 12.1 Å². The molecule has 0 aliphatic carbocycles. The first-order valence-electron chi connectivity index (χ1n) is 9.43. The van der Waals surface area contributed by atoms with Gasteiger partial charge >= 0.3 is 0 Å². The van der Waals surface area contributed by atoms with Gasteiger partial charge in [-0.05, 0) is 26.7 Å². The van der Waals surface area contributed by atoms with Crippen molar-refractivity contribution in [3.8, 4) is 0 Å². The molecule has 2 aromatic heterocycles. The van der Waals surface area contributed by atoms with E-state index in [9.17, 15) is 9.59 Å². The fraction of sp³-hybridized carbons (Fsp3) is 0.579. The van der Waals surface area contributed by atoms with Crippen molar-refractivity contribution in [1.82, 2.24) is 19.9 Å². The first-order valence-corrected chi connectivity index (χ1v) is 9.43. The third-order valence-corrected chi connectivity index (χ3v) is 5.75. The van der Waals surface area contributed by atoms with E-state index in [2.05, 4.69) is 10.1 Å². The number of aryl methyl sites for hydroxylation is 3. The van der Waals surface area contributed by atoms with Crippen LogP contribution < -0.4 is 0 Å². The second kappa shape index (κ2) is 6.83. The van der Waals surface area contributed by atoms with Crippen LogP contribution in [0.15, 0.2) is 15.3 Å². The number of aromatic nitrogens is 2. The number of carbonyl (C=O) groups is 2. The zero-order chi connectivity index (χ0) is 19.1. The number of hydrogen-bond donors (Lipinski definition) is 0.